The van der Waals surface area contributed by atoms with Crippen molar-refractivity contribution in [2.45, 2.75) is 26.4 Å². The monoisotopic (exact) mass is 403 g/mol. The highest BCUT2D eigenvalue weighted by atomic mass is 35.5. The number of rotatable bonds is 6. The second-order valence-corrected chi connectivity index (χ2v) is 6.90. The van der Waals surface area contributed by atoms with Gasteiger partial charge in [0.05, 0.1) is 18.2 Å². The van der Waals surface area contributed by atoms with Crippen LogP contribution in [0.4, 0.5) is 5.69 Å². The van der Waals surface area contributed by atoms with Crippen LogP contribution in [0.15, 0.2) is 42.5 Å². The van der Waals surface area contributed by atoms with Crippen LogP contribution >= 0.6 is 11.6 Å². The first kappa shape index (κ1) is 20.0. The Bertz CT molecular complexity index is 870. The second kappa shape index (κ2) is 8.97. The van der Waals surface area contributed by atoms with Gasteiger partial charge in [-0.2, -0.15) is 0 Å². The molecule has 2 atom stereocenters. The minimum atomic E-state index is -0.956. The number of halogens is 1. The smallest absolute Gasteiger partial charge is 0.313 e. The van der Waals surface area contributed by atoms with Gasteiger partial charge in [-0.05, 0) is 56.2 Å². The predicted molar refractivity (Wildman–Crippen MR) is 106 cm³/mol. The maximum Gasteiger partial charge on any atom is 0.313 e. The lowest BCUT2D eigenvalue weighted by Gasteiger charge is -2.25. The number of amides is 1. The summed E-state index contributed by atoms with van der Waals surface area (Å²) in [5.41, 5.74) is 1.38. The molecule has 28 heavy (non-hydrogen) atoms. The molecular formula is C21H22ClNO5. The Kier molecular flexibility index (Phi) is 6.41. The highest BCUT2D eigenvalue weighted by molar-refractivity contribution is 6.30. The summed E-state index contributed by atoms with van der Waals surface area (Å²) in [5.74, 6) is -0.123. The molecule has 2 aromatic rings. The lowest BCUT2D eigenvalue weighted by Crippen LogP contribution is -2.36. The van der Waals surface area contributed by atoms with E-state index >= 15 is 0 Å². The van der Waals surface area contributed by atoms with Crippen molar-refractivity contribution in [3.8, 4) is 11.5 Å². The summed E-state index contributed by atoms with van der Waals surface area (Å²) in [6.45, 7) is 4.07. The summed E-state index contributed by atoms with van der Waals surface area (Å²) in [5, 5.41) is 3.32. The third-order valence-corrected chi connectivity index (χ3v) is 4.60. The Morgan fingerprint density at radius 3 is 2.86 bits per heavy atom. The van der Waals surface area contributed by atoms with Crippen LogP contribution in [0.2, 0.25) is 5.02 Å². The van der Waals surface area contributed by atoms with Crippen molar-refractivity contribution in [2.75, 3.05) is 18.5 Å². The average molecular weight is 404 g/mol. The van der Waals surface area contributed by atoms with Crippen LogP contribution in [0, 0.1) is 5.92 Å². The Labute approximate surface area is 168 Å². The van der Waals surface area contributed by atoms with Crippen molar-refractivity contribution in [1.29, 1.82) is 0 Å². The van der Waals surface area contributed by atoms with Crippen molar-refractivity contribution < 1.29 is 23.8 Å². The molecule has 0 spiro atoms. The molecule has 0 radical (unpaired) electrons. The Hall–Kier alpha value is -2.73. The van der Waals surface area contributed by atoms with Gasteiger partial charge in [0.1, 0.15) is 18.1 Å². The van der Waals surface area contributed by atoms with Crippen LogP contribution in [-0.2, 0) is 20.7 Å². The molecule has 0 unspecified atom stereocenters. The van der Waals surface area contributed by atoms with Crippen LogP contribution < -0.4 is 14.8 Å². The molecule has 0 aromatic heterocycles. The van der Waals surface area contributed by atoms with Gasteiger partial charge in [0.25, 0.3) is 5.91 Å². The van der Waals surface area contributed by atoms with Gasteiger partial charge in [-0.15, -0.1) is 0 Å². The topological polar surface area (TPSA) is 73.9 Å². The predicted octanol–water partition coefficient (Wildman–Crippen LogP) is 3.86. The first-order chi connectivity index (χ1) is 13.5. The number of benzene rings is 2. The van der Waals surface area contributed by atoms with Crippen molar-refractivity contribution in [1.82, 2.24) is 0 Å². The highest BCUT2D eigenvalue weighted by Gasteiger charge is 2.30. The molecule has 1 amide bonds. The van der Waals surface area contributed by atoms with E-state index in [0.29, 0.717) is 35.2 Å². The Morgan fingerprint density at radius 2 is 2.07 bits per heavy atom. The van der Waals surface area contributed by atoms with E-state index in [1.54, 1.807) is 36.4 Å². The fraction of sp³-hybridized carbons (Fsp3) is 0.333. The summed E-state index contributed by atoms with van der Waals surface area (Å²) < 4.78 is 16.5. The van der Waals surface area contributed by atoms with E-state index in [-0.39, 0.29) is 6.61 Å². The maximum absolute atomic E-state index is 12.5. The van der Waals surface area contributed by atoms with Gasteiger partial charge in [-0.3, -0.25) is 9.59 Å². The molecule has 0 fully saturated rings. The number of hydrogen-bond acceptors (Lipinski definition) is 5. The van der Waals surface area contributed by atoms with Crippen molar-refractivity contribution in [3.63, 3.8) is 0 Å². The molecule has 7 heteroatoms. The molecule has 148 valence electrons. The first-order valence-electron chi connectivity index (χ1n) is 9.12. The largest absolute Gasteiger partial charge is 0.492 e. The molecule has 2 aromatic carbocycles. The molecule has 0 saturated heterocycles. The lowest BCUT2D eigenvalue weighted by atomic mass is 9.97. The zero-order valence-corrected chi connectivity index (χ0v) is 16.5. The lowest BCUT2D eigenvalue weighted by molar-refractivity contribution is -0.158. The summed E-state index contributed by atoms with van der Waals surface area (Å²) >= 11 is 6.01. The van der Waals surface area contributed by atoms with E-state index in [1.807, 2.05) is 13.0 Å². The van der Waals surface area contributed by atoms with Gasteiger partial charge < -0.3 is 19.5 Å². The number of carbonyl (C=O) groups is 2. The molecule has 0 saturated carbocycles. The van der Waals surface area contributed by atoms with Gasteiger partial charge in [0.15, 0.2) is 6.10 Å². The zero-order valence-electron chi connectivity index (χ0n) is 15.7. The molecular weight excluding hydrogens is 382 g/mol. The Balaban J connectivity index is 1.59. The van der Waals surface area contributed by atoms with Crippen molar-refractivity contribution in [3.05, 3.63) is 53.1 Å². The molecule has 1 N–H and O–H groups in total. The minimum Gasteiger partial charge on any atom is -0.492 e. The summed E-state index contributed by atoms with van der Waals surface area (Å²) in [4.78, 5) is 24.9. The number of esters is 1. The number of carbonyl (C=O) groups excluding carboxylic acids is 2. The van der Waals surface area contributed by atoms with Crippen molar-refractivity contribution >= 4 is 29.2 Å². The highest BCUT2D eigenvalue weighted by Crippen LogP contribution is 2.30. The van der Waals surface area contributed by atoms with Gasteiger partial charge in [0.2, 0.25) is 0 Å². The Morgan fingerprint density at radius 1 is 1.29 bits per heavy atom. The maximum atomic E-state index is 12.5. The molecule has 6 nitrogen and oxygen atoms in total. The van der Waals surface area contributed by atoms with Crippen LogP contribution in [0.3, 0.4) is 0 Å². The van der Waals surface area contributed by atoms with Gasteiger partial charge in [-0.1, -0.05) is 23.7 Å². The van der Waals surface area contributed by atoms with Crippen LogP contribution in [-0.4, -0.2) is 31.2 Å². The molecule has 3 rings (SSSR count). The number of hydrogen-bond donors (Lipinski definition) is 1. The van der Waals surface area contributed by atoms with Crippen molar-refractivity contribution in [2.24, 2.45) is 5.92 Å². The normalized spacial score (nSPS) is 16.3. The molecule has 1 heterocycles. The van der Waals surface area contributed by atoms with E-state index in [0.717, 1.165) is 5.56 Å². The quantitative estimate of drug-likeness (QED) is 0.741. The summed E-state index contributed by atoms with van der Waals surface area (Å²) in [6.07, 6.45) is -0.501. The number of nitrogens with one attached hydrogen (secondary N) is 1. The molecule has 0 aliphatic carbocycles. The summed E-state index contributed by atoms with van der Waals surface area (Å²) in [6, 6.07) is 12.4. The number of para-hydroxylation sites is 2. The SMILES string of the molecule is CCOc1ccccc1NC(=O)[C@@H](C)OC(=O)[C@@H]1COc2ccc(Cl)cc2C1. The van der Waals surface area contributed by atoms with E-state index in [1.165, 1.54) is 6.92 Å². The molecule has 1 aliphatic heterocycles. The van der Waals surface area contributed by atoms with Gasteiger partial charge >= 0.3 is 5.97 Å². The molecule has 1 aliphatic rings. The number of fused-ring (bicyclic) bond motifs is 1. The number of anilines is 1. The van der Waals surface area contributed by atoms with E-state index < -0.39 is 23.9 Å². The fourth-order valence-corrected chi connectivity index (χ4v) is 3.12. The minimum absolute atomic E-state index is 0.203. The van der Waals surface area contributed by atoms with E-state index in [9.17, 15) is 9.59 Å². The average Bonchev–Trinajstić information content (AvgIpc) is 2.68. The molecule has 0 bridgehead atoms. The third-order valence-electron chi connectivity index (χ3n) is 4.37. The van der Waals surface area contributed by atoms with Crippen LogP contribution in [0.1, 0.15) is 19.4 Å². The summed E-state index contributed by atoms with van der Waals surface area (Å²) in [7, 11) is 0. The van der Waals surface area contributed by atoms with E-state index in [2.05, 4.69) is 5.32 Å². The van der Waals surface area contributed by atoms with Crippen LogP contribution in [0.5, 0.6) is 11.5 Å². The second-order valence-electron chi connectivity index (χ2n) is 6.46. The first-order valence-corrected chi connectivity index (χ1v) is 9.50. The van der Waals surface area contributed by atoms with Crippen LogP contribution in [0.25, 0.3) is 0 Å². The number of ether oxygens (including phenoxy) is 3. The van der Waals surface area contributed by atoms with E-state index in [4.69, 9.17) is 25.8 Å². The van der Waals surface area contributed by atoms with Gasteiger partial charge in [-0.25, -0.2) is 0 Å². The third kappa shape index (κ3) is 4.75. The fourth-order valence-electron chi connectivity index (χ4n) is 2.92. The standard InChI is InChI=1S/C21H22ClNO5/c1-3-26-19-7-5-4-6-17(19)23-20(24)13(2)28-21(25)15-10-14-11-16(22)8-9-18(14)27-12-15/h4-9,11,13,15H,3,10,12H2,1-2H3,(H,23,24)/t13-,15+/m1/s1. The zero-order chi connectivity index (χ0) is 20.1. The van der Waals surface area contributed by atoms with Gasteiger partial charge in [0, 0.05) is 5.02 Å².